The summed E-state index contributed by atoms with van der Waals surface area (Å²) < 4.78 is 16.8. The number of amides is 1. The molecule has 1 aliphatic heterocycles. The number of hydrogen-bond donors (Lipinski definition) is 2. The monoisotopic (exact) mass is 392 g/mol. The summed E-state index contributed by atoms with van der Waals surface area (Å²) >= 11 is 0. The van der Waals surface area contributed by atoms with Crippen LogP contribution in [0.15, 0.2) is 21.3 Å². The van der Waals surface area contributed by atoms with Gasteiger partial charge in [-0.2, -0.15) is 4.98 Å². The number of carbonyl (C=O) groups excluding carboxylic acids is 1. The molecule has 3 rings (SSSR count). The number of hydrogen-bond acceptors (Lipinski definition) is 7. The van der Waals surface area contributed by atoms with Crippen molar-refractivity contribution in [3.8, 4) is 0 Å². The molecule has 2 N–H and O–H groups in total. The van der Waals surface area contributed by atoms with Gasteiger partial charge in [-0.15, -0.1) is 0 Å². The van der Waals surface area contributed by atoms with Crippen LogP contribution in [0.2, 0.25) is 0 Å². The quantitative estimate of drug-likeness (QED) is 0.804. The van der Waals surface area contributed by atoms with Crippen LogP contribution in [-0.2, 0) is 9.47 Å². The fourth-order valence-corrected chi connectivity index (χ4v) is 3.01. The lowest BCUT2D eigenvalue weighted by Gasteiger charge is -2.31. The normalized spacial score (nSPS) is 16.9. The molecule has 0 bridgehead atoms. The number of rotatable bonds is 5. The Bertz CT molecular complexity index is 861. The summed E-state index contributed by atoms with van der Waals surface area (Å²) in [6, 6.07) is 3.45. The molecule has 1 atom stereocenters. The minimum atomic E-state index is -0.519. The molecule has 1 fully saturated rings. The van der Waals surface area contributed by atoms with E-state index in [2.05, 4.69) is 15.3 Å². The van der Waals surface area contributed by atoms with E-state index in [9.17, 15) is 9.59 Å². The summed E-state index contributed by atoms with van der Waals surface area (Å²) in [5.74, 6) is 0. The number of alkyl carbamates (subject to hydrolysis) is 1. The molecule has 0 saturated carbocycles. The number of H-pyrrole nitrogens is 1. The second kappa shape index (κ2) is 8.22. The van der Waals surface area contributed by atoms with Crippen molar-refractivity contribution < 1.29 is 18.7 Å². The first-order chi connectivity index (χ1) is 13.2. The molecule has 9 heteroatoms. The van der Waals surface area contributed by atoms with Crippen LogP contribution < -0.4 is 15.8 Å². The van der Waals surface area contributed by atoms with Crippen LogP contribution in [0.4, 0.5) is 10.8 Å². The number of pyridine rings is 1. The maximum Gasteiger partial charge on any atom is 0.407 e. The Kier molecular flexibility index (Phi) is 5.93. The summed E-state index contributed by atoms with van der Waals surface area (Å²) in [7, 11) is 0. The molecular formula is C19H28N4O5. The fourth-order valence-electron chi connectivity index (χ4n) is 3.01. The van der Waals surface area contributed by atoms with E-state index in [1.807, 2.05) is 32.6 Å². The van der Waals surface area contributed by atoms with Gasteiger partial charge in [0, 0.05) is 19.2 Å². The Balaban J connectivity index is 1.43. The number of nitrogens with zero attached hydrogens (tertiary/aromatic N) is 2. The number of nitrogens with one attached hydrogen (secondary N) is 2. The number of aromatic amines is 1. The van der Waals surface area contributed by atoms with Gasteiger partial charge in [-0.05, 0) is 46.6 Å². The molecule has 0 aromatic carbocycles. The Morgan fingerprint density at radius 3 is 2.79 bits per heavy atom. The largest absolute Gasteiger partial charge is 0.444 e. The van der Waals surface area contributed by atoms with E-state index in [0.29, 0.717) is 23.9 Å². The molecule has 9 nitrogen and oxygen atoms in total. The lowest BCUT2D eigenvalue weighted by atomic mass is 10.1. The molecule has 154 valence electrons. The topological polar surface area (TPSA) is 110 Å². The highest BCUT2D eigenvalue weighted by Gasteiger charge is 2.24. The summed E-state index contributed by atoms with van der Waals surface area (Å²) in [5, 5.41) is 2.78. The van der Waals surface area contributed by atoms with Gasteiger partial charge in [0.2, 0.25) is 5.71 Å². The van der Waals surface area contributed by atoms with Crippen molar-refractivity contribution in [1.82, 2.24) is 15.3 Å². The highest BCUT2D eigenvalue weighted by atomic mass is 16.6. The van der Waals surface area contributed by atoms with Crippen LogP contribution in [0.5, 0.6) is 0 Å². The summed E-state index contributed by atoms with van der Waals surface area (Å²) in [4.78, 5) is 32.3. The van der Waals surface area contributed by atoms with Crippen LogP contribution in [0.1, 0.15) is 40.5 Å². The van der Waals surface area contributed by atoms with Crippen LogP contribution in [-0.4, -0.2) is 53.5 Å². The number of ether oxygens (including phenoxy) is 2. The molecular weight excluding hydrogens is 364 g/mol. The van der Waals surface area contributed by atoms with E-state index < -0.39 is 11.7 Å². The number of anilines is 1. The van der Waals surface area contributed by atoms with Gasteiger partial charge in [0.15, 0.2) is 0 Å². The lowest BCUT2D eigenvalue weighted by Crippen LogP contribution is -2.42. The van der Waals surface area contributed by atoms with Gasteiger partial charge < -0.3 is 24.1 Å². The number of fused-ring (bicyclic) bond motifs is 1. The van der Waals surface area contributed by atoms with Gasteiger partial charge in [-0.1, -0.05) is 0 Å². The van der Waals surface area contributed by atoms with Crippen molar-refractivity contribution in [2.45, 2.75) is 58.3 Å². The zero-order valence-corrected chi connectivity index (χ0v) is 16.8. The zero-order chi connectivity index (χ0) is 20.3. The van der Waals surface area contributed by atoms with Crippen molar-refractivity contribution in [1.29, 1.82) is 0 Å². The van der Waals surface area contributed by atoms with E-state index >= 15 is 0 Å². The second-order valence-corrected chi connectivity index (χ2v) is 8.10. The van der Waals surface area contributed by atoms with E-state index in [4.69, 9.17) is 13.9 Å². The zero-order valence-electron chi connectivity index (χ0n) is 16.8. The van der Waals surface area contributed by atoms with E-state index in [0.717, 1.165) is 25.9 Å². The molecule has 0 unspecified atom stereocenters. The highest BCUT2D eigenvalue weighted by molar-refractivity contribution is 5.69. The molecule has 28 heavy (non-hydrogen) atoms. The van der Waals surface area contributed by atoms with Gasteiger partial charge in [-0.25, -0.2) is 4.79 Å². The van der Waals surface area contributed by atoms with Gasteiger partial charge >= 0.3 is 6.09 Å². The maximum atomic E-state index is 11.8. The lowest BCUT2D eigenvalue weighted by molar-refractivity contribution is 0.0179. The van der Waals surface area contributed by atoms with Crippen molar-refractivity contribution >= 4 is 23.3 Å². The van der Waals surface area contributed by atoms with Gasteiger partial charge in [-0.3, -0.25) is 9.78 Å². The standard InChI is InChI=1S/C19H28N4O5/c1-12(20-18(25)28-19(2,3)4)11-26-13-7-9-23(10-8-13)17-21-14-5-6-15(24)22-16(14)27-17/h5-6,12-13H,7-11H2,1-4H3,(H,20,25)(H,22,24)/t12-/m0/s1. The maximum absolute atomic E-state index is 11.8. The first kappa shape index (κ1) is 20.2. The Labute approximate surface area is 163 Å². The number of carbonyl (C=O) groups is 1. The number of piperidine rings is 1. The Hall–Kier alpha value is -2.55. The van der Waals surface area contributed by atoms with Crippen molar-refractivity contribution in [2.75, 3.05) is 24.6 Å². The smallest absolute Gasteiger partial charge is 0.407 e. The SMILES string of the molecule is C[C@@H](COC1CCN(c2nc3ccc(=O)[nH]c3o2)CC1)NC(=O)OC(C)(C)C. The fraction of sp³-hybridized carbons (Fsp3) is 0.632. The number of oxazole rings is 1. The van der Waals surface area contributed by atoms with Crippen LogP contribution in [0, 0.1) is 0 Å². The predicted octanol–water partition coefficient (Wildman–Crippen LogP) is 2.41. The molecule has 1 amide bonds. The first-order valence-corrected chi connectivity index (χ1v) is 9.55. The van der Waals surface area contributed by atoms with Crippen LogP contribution >= 0.6 is 0 Å². The van der Waals surface area contributed by atoms with Crippen LogP contribution in [0.25, 0.3) is 11.2 Å². The average Bonchev–Trinajstić information content (AvgIpc) is 3.01. The highest BCUT2D eigenvalue weighted by Crippen LogP contribution is 2.23. The van der Waals surface area contributed by atoms with Crippen molar-refractivity contribution in [3.05, 3.63) is 22.5 Å². The molecule has 0 aliphatic carbocycles. The van der Waals surface area contributed by atoms with Gasteiger partial charge in [0.05, 0.1) is 18.8 Å². The third kappa shape index (κ3) is 5.48. The van der Waals surface area contributed by atoms with E-state index in [1.54, 1.807) is 6.07 Å². The minimum Gasteiger partial charge on any atom is -0.444 e. The van der Waals surface area contributed by atoms with Gasteiger partial charge in [0.25, 0.3) is 11.6 Å². The molecule has 0 radical (unpaired) electrons. The minimum absolute atomic E-state index is 0.114. The van der Waals surface area contributed by atoms with Gasteiger partial charge in [0.1, 0.15) is 11.1 Å². The number of aromatic nitrogens is 2. The van der Waals surface area contributed by atoms with Crippen LogP contribution in [0.3, 0.4) is 0 Å². The Morgan fingerprint density at radius 2 is 2.11 bits per heavy atom. The van der Waals surface area contributed by atoms with E-state index in [1.165, 1.54) is 6.07 Å². The Morgan fingerprint density at radius 1 is 1.39 bits per heavy atom. The average molecular weight is 392 g/mol. The summed E-state index contributed by atoms with van der Waals surface area (Å²) in [5.41, 5.74) is 0.296. The first-order valence-electron chi connectivity index (χ1n) is 9.55. The van der Waals surface area contributed by atoms with Crippen molar-refractivity contribution in [2.24, 2.45) is 0 Å². The molecule has 2 aromatic heterocycles. The predicted molar refractivity (Wildman–Crippen MR) is 105 cm³/mol. The molecule has 3 heterocycles. The summed E-state index contributed by atoms with van der Waals surface area (Å²) in [6.07, 6.45) is 1.33. The summed E-state index contributed by atoms with van der Waals surface area (Å²) in [6.45, 7) is 9.29. The third-order valence-corrected chi connectivity index (χ3v) is 4.33. The molecule has 1 aliphatic rings. The van der Waals surface area contributed by atoms with Crippen molar-refractivity contribution in [3.63, 3.8) is 0 Å². The molecule has 0 spiro atoms. The van der Waals surface area contributed by atoms with E-state index in [-0.39, 0.29) is 17.7 Å². The molecule has 1 saturated heterocycles. The second-order valence-electron chi connectivity index (χ2n) is 8.10. The third-order valence-electron chi connectivity index (χ3n) is 4.33. The molecule has 2 aromatic rings.